The van der Waals surface area contributed by atoms with Crippen molar-refractivity contribution in [3.8, 4) is 0 Å². The molecule has 0 radical (unpaired) electrons. The Morgan fingerprint density at radius 1 is 1.35 bits per heavy atom. The molecule has 2 N–H and O–H groups in total. The zero-order chi connectivity index (χ0) is 18.7. The average molecular weight is 363 g/mol. The Kier molecular flexibility index (Phi) is 5.63. The maximum absolute atomic E-state index is 12.6. The van der Waals surface area contributed by atoms with Crippen molar-refractivity contribution in [3.05, 3.63) is 35.4 Å². The normalized spacial score (nSPS) is 27.0. The average Bonchev–Trinajstić information content (AvgIpc) is 3.07. The Bertz CT molecular complexity index is 675. The van der Waals surface area contributed by atoms with Gasteiger partial charge >= 0.3 is 12.0 Å². The summed E-state index contributed by atoms with van der Waals surface area (Å²) >= 11 is 0. The van der Waals surface area contributed by atoms with Gasteiger partial charge in [0.2, 0.25) is 0 Å². The van der Waals surface area contributed by atoms with Gasteiger partial charge < -0.3 is 24.5 Å². The number of nitrogens with zero attached hydrogens (tertiary/aromatic N) is 1. The van der Waals surface area contributed by atoms with Crippen molar-refractivity contribution in [1.82, 2.24) is 15.5 Å². The summed E-state index contributed by atoms with van der Waals surface area (Å²) < 4.78 is 16.4. The number of morpholine rings is 1. The van der Waals surface area contributed by atoms with E-state index in [0.29, 0.717) is 23.6 Å². The highest BCUT2D eigenvalue weighted by Gasteiger charge is 2.36. The molecular weight excluding hydrogens is 338 g/mol. The van der Waals surface area contributed by atoms with Gasteiger partial charge in [-0.2, -0.15) is 0 Å². The first-order valence-corrected chi connectivity index (χ1v) is 8.86. The Hall–Kier alpha value is -2.32. The third-order valence-electron chi connectivity index (χ3n) is 4.35. The van der Waals surface area contributed by atoms with Crippen molar-refractivity contribution in [1.29, 1.82) is 0 Å². The van der Waals surface area contributed by atoms with Gasteiger partial charge in [0.25, 0.3) is 0 Å². The zero-order valence-corrected chi connectivity index (χ0v) is 15.3. The van der Waals surface area contributed by atoms with Gasteiger partial charge in [-0.3, -0.25) is 4.90 Å². The molecule has 1 aromatic rings. The van der Waals surface area contributed by atoms with Gasteiger partial charge in [-0.1, -0.05) is 0 Å². The van der Waals surface area contributed by atoms with E-state index >= 15 is 0 Å². The van der Waals surface area contributed by atoms with Crippen molar-refractivity contribution >= 4 is 12.0 Å². The van der Waals surface area contributed by atoms with Gasteiger partial charge in [-0.15, -0.1) is 0 Å². The number of carbonyl (C=O) groups is 2. The highest BCUT2D eigenvalue weighted by molar-refractivity contribution is 5.95. The highest BCUT2D eigenvalue weighted by atomic mass is 16.5. The minimum atomic E-state index is -0.677. The van der Waals surface area contributed by atoms with Gasteiger partial charge in [0.05, 0.1) is 30.7 Å². The monoisotopic (exact) mass is 363 g/mol. The first-order valence-electron chi connectivity index (χ1n) is 8.86. The summed E-state index contributed by atoms with van der Waals surface area (Å²) in [5, 5.41) is 5.53. The van der Waals surface area contributed by atoms with Gasteiger partial charge in [0.1, 0.15) is 11.8 Å². The van der Waals surface area contributed by atoms with Crippen LogP contribution in [0.1, 0.15) is 32.6 Å². The molecule has 0 spiro atoms. The number of amides is 2. The number of hydrogen-bond acceptors (Lipinski definition) is 6. The van der Waals surface area contributed by atoms with Crippen LogP contribution in [0, 0.1) is 0 Å². The second-order valence-electron chi connectivity index (χ2n) is 6.61. The number of furan rings is 1. The Balaban J connectivity index is 1.93. The maximum Gasteiger partial charge on any atom is 0.338 e. The summed E-state index contributed by atoms with van der Waals surface area (Å²) in [6, 6.07) is 2.40. The lowest BCUT2D eigenvalue weighted by atomic mass is 9.99. The van der Waals surface area contributed by atoms with Crippen LogP contribution >= 0.6 is 0 Å². The number of nitrogens with one attached hydrogen (secondary N) is 2. The summed E-state index contributed by atoms with van der Waals surface area (Å²) in [5.41, 5.74) is 0.906. The molecule has 1 aromatic heterocycles. The molecule has 3 rings (SSSR count). The number of carbonyl (C=O) groups excluding carboxylic acids is 2. The molecule has 3 heterocycles. The largest absolute Gasteiger partial charge is 0.467 e. The van der Waals surface area contributed by atoms with Crippen LogP contribution in [0.5, 0.6) is 0 Å². The molecule has 0 unspecified atom stereocenters. The van der Waals surface area contributed by atoms with E-state index in [-0.39, 0.29) is 24.8 Å². The quantitative estimate of drug-likeness (QED) is 0.771. The molecule has 142 valence electrons. The second kappa shape index (κ2) is 7.92. The molecule has 2 aliphatic heterocycles. The molecule has 0 bridgehead atoms. The van der Waals surface area contributed by atoms with E-state index in [1.54, 1.807) is 19.1 Å². The van der Waals surface area contributed by atoms with Crippen LogP contribution in [0.2, 0.25) is 0 Å². The first kappa shape index (κ1) is 18.5. The molecule has 1 saturated heterocycles. The molecule has 0 aliphatic carbocycles. The predicted molar refractivity (Wildman–Crippen MR) is 93.2 cm³/mol. The molecule has 8 heteroatoms. The third kappa shape index (κ3) is 4.08. The van der Waals surface area contributed by atoms with E-state index < -0.39 is 12.0 Å². The summed E-state index contributed by atoms with van der Waals surface area (Å²) in [6.07, 6.45) is 1.68. The standard InChI is InChI=1S/C18H25N3O5/c1-4-24-17(22)15-13(10-21-8-11(2)26-12(3)9-21)19-18(23)20-16(15)14-6-5-7-25-14/h5-7,11-12,16H,4,8-10H2,1-3H3,(H2,19,20,23)/t11-,12-,16+/m1/s1. The molecule has 26 heavy (non-hydrogen) atoms. The summed E-state index contributed by atoms with van der Waals surface area (Å²) in [7, 11) is 0. The van der Waals surface area contributed by atoms with Crippen LogP contribution in [0.4, 0.5) is 4.79 Å². The lowest BCUT2D eigenvalue weighted by molar-refractivity contribution is -0.139. The topological polar surface area (TPSA) is 93.0 Å². The first-order chi connectivity index (χ1) is 12.5. The summed E-state index contributed by atoms with van der Waals surface area (Å²) in [6.45, 7) is 7.89. The SMILES string of the molecule is CCOC(=O)C1=C(CN2C[C@@H](C)O[C@H](C)C2)NC(=O)N[C@H]1c1ccco1. The number of urea groups is 1. The third-order valence-corrected chi connectivity index (χ3v) is 4.35. The van der Waals surface area contributed by atoms with Crippen LogP contribution in [-0.4, -0.2) is 55.3 Å². The van der Waals surface area contributed by atoms with Gasteiger partial charge in [-0.25, -0.2) is 9.59 Å². The van der Waals surface area contributed by atoms with E-state index in [9.17, 15) is 9.59 Å². The Morgan fingerprint density at radius 2 is 2.08 bits per heavy atom. The van der Waals surface area contributed by atoms with Gasteiger partial charge in [0, 0.05) is 25.3 Å². The van der Waals surface area contributed by atoms with Crippen molar-refractivity contribution in [2.24, 2.45) is 0 Å². The molecule has 2 aliphatic rings. The summed E-state index contributed by atoms with van der Waals surface area (Å²) in [5.74, 6) is 0.0230. The van der Waals surface area contributed by atoms with Crippen molar-refractivity contribution in [2.45, 2.75) is 39.0 Å². The molecule has 2 amide bonds. The van der Waals surface area contributed by atoms with Crippen LogP contribution < -0.4 is 10.6 Å². The smallest absolute Gasteiger partial charge is 0.338 e. The fourth-order valence-corrected chi connectivity index (χ4v) is 3.50. The zero-order valence-electron chi connectivity index (χ0n) is 15.3. The van der Waals surface area contributed by atoms with Gasteiger partial charge in [0.15, 0.2) is 0 Å². The molecular formula is C18H25N3O5. The number of rotatable bonds is 5. The van der Waals surface area contributed by atoms with Crippen molar-refractivity contribution in [3.63, 3.8) is 0 Å². The fraction of sp³-hybridized carbons (Fsp3) is 0.556. The van der Waals surface area contributed by atoms with Crippen LogP contribution in [0.3, 0.4) is 0 Å². The van der Waals surface area contributed by atoms with E-state index in [0.717, 1.165) is 13.1 Å². The van der Waals surface area contributed by atoms with Crippen molar-refractivity contribution < 1.29 is 23.5 Å². The van der Waals surface area contributed by atoms with Crippen molar-refractivity contribution in [2.75, 3.05) is 26.2 Å². The number of esters is 1. The minimum absolute atomic E-state index is 0.0867. The van der Waals surface area contributed by atoms with Crippen LogP contribution in [0.25, 0.3) is 0 Å². The van der Waals surface area contributed by atoms with E-state index in [1.165, 1.54) is 6.26 Å². The van der Waals surface area contributed by atoms with Crippen LogP contribution in [0.15, 0.2) is 34.1 Å². The Labute approximate surface area is 152 Å². The van der Waals surface area contributed by atoms with Crippen LogP contribution in [-0.2, 0) is 14.3 Å². The van der Waals surface area contributed by atoms with E-state index in [4.69, 9.17) is 13.9 Å². The van der Waals surface area contributed by atoms with E-state index in [2.05, 4.69) is 15.5 Å². The Morgan fingerprint density at radius 3 is 2.69 bits per heavy atom. The minimum Gasteiger partial charge on any atom is -0.467 e. The molecule has 0 aromatic carbocycles. The molecule has 0 saturated carbocycles. The lowest BCUT2D eigenvalue weighted by Gasteiger charge is -2.37. The number of ether oxygens (including phenoxy) is 2. The highest BCUT2D eigenvalue weighted by Crippen LogP contribution is 2.28. The number of hydrogen-bond donors (Lipinski definition) is 2. The second-order valence-corrected chi connectivity index (χ2v) is 6.61. The fourth-order valence-electron chi connectivity index (χ4n) is 3.50. The lowest BCUT2D eigenvalue weighted by Crippen LogP contribution is -2.51. The molecule has 1 fully saturated rings. The molecule has 3 atom stereocenters. The maximum atomic E-state index is 12.6. The van der Waals surface area contributed by atoms with Gasteiger partial charge in [-0.05, 0) is 32.9 Å². The van der Waals surface area contributed by atoms with E-state index in [1.807, 2.05) is 13.8 Å². The predicted octanol–water partition coefficient (Wildman–Crippen LogP) is 1.56. The molecule has 8 nitrogen and oxygen atoms in total. The summed E-state index contributed by atoms with van der Waals surface area (Å²) in [4.78, 5) is 27.0.